The Kier molecular flexibility index (Phi) is 4.66. The lowest BCUT2D eigenvalue weighted by Crippen LogP contribution is -2.29. The minimum Gasteiger partial charge on any atom is -0.352 e. The zero-order valence-electron chi connectivity index (χ0n) is 11.5. The molecule has 0 aliphatic heterocycles. The molecule has 0 bridgehead atoms. The summed E-state index contributed by atoms with van der Waals surface area (Å²) in [5.74, 6) is 0.108. The number of nitrogens with one attached hydrogen (secondary N) is 1. The fourth-order valence-electron chi connectivity index (χ4n) is 2.05. The second-order valence-corrected chi connectivity index (χ2v) is 7.24. The molecular formula is C17H16BrNOS. The molecule has 0 saturated heterocycles. The molecule has 2 nitrogen and oxygen atoms in total. The number of halogens is 1. The van der Waals surface area contributed by atoms with E-state index >= 15 is 0 Å². The molecule has 1 amide bonds. The molecule has 21 heavy (non-hydrogen) atoms. The number of rotatable bonds is 5. The average molecular weight is 362 g/mol. The van der Waals surface area contributed by atoms with E-state index in [-0.39, 0.29) is 11.2 Å². The summed E-state index contributed by atoms with van der Waals surface area (Å²) in [4.78, 5) is 13.6. The molecular weight excluding hydrogens is 346 g/mol. The lowest BCUT2D eigenvalue weighted by atomic mass is 10.1. The van der Waals surface area contributed by atoms with Crippen LogP contribution in [0.1, 0.15) is 23.7 Å². The van der Waals surface area contributed by atoms with Crippen molar-refractivity contribution in [3.8, 4) is 0 Å². The van der Waals surface area contributed by atoms with Gasteiger partial charge in [0.2, 0.25) is 5.91 Å². The highest BCUT2D eigenvalue weighted by Crippen LogP contribution is 2.36. The Morgan fingerprint density at radius 3 is 2.38 bits per heavy atom. The number of amides is 1. The number of thioether (sulfide) groups is 1. The van der Waals surface area contributed by atoms with Crippen molar-refractivity contribution in [1.29, 1.82) is 0 Å². The van der Waals surface area contributed by atoms with Crippen LogP contribution in [0.4, 0.5) is 0 Å². The van der Waals surface area contributed by atoms with Gasteiger partial charge in [-0.05, 0) is 42.7 Å². The molecule has 0 aromatic heterocycles. The van der Waals surface area contributed by atoms with Crippen molar-refractivity contribution in [3.05, 3.63) is 64.6 Å². The van der Waals surface area contributed by atoms with Gasteiger partial charge in [-0.2, -0.15) is 0 Å². The van der Waals surface area contributed by atoms with Gasteiger partial charge in [0.05, 0.1) is 0 Å². The minimum atomic E-state index is -0.201. The Hall–Kier alpha value is -1.26. The zero-order chi connectivity index (χ0) is 14.7. The molecule has 0 spiro atoms. The smallest absolute Gasteiger partial charge is 0.238 e. The van der Waals surface area contributed by atoms with E-state index in [1.807, 2.05) is 54.6 Å². The van der Waals surface area contributed by atoms with E-state index in [2.05, 4.69) is 21.2 Å². The predicted molar refractivity (Wildman–Crippen MR) is 90.3 cm³/mol. The van der Waals surface area contributed by atoms with E-state index < -0.39 is 0 Å². The maximum Gasteiger partial charge on any atom is 0.238 e. The highest BCUT2D eigenvalue weighted by atomic mass is 79.9. The van der Waals surface area contributed by atoms with Gasteiger partial charge >= 0.3 is 0 Å². The monoisotopic (exact) mass is 361 g/mol. The maximum atomic E-state index is 12.5. The molecule has 1 fully saturated rings. The van der Waals surface area contributed by atoms with Crippen molar-refractivity contribution in [2.75, 3.05) is 0 Å². The quantitative estimate of drug-likeness (QED) is 0.790. The Morgan fingerprint density at radius 1 is 1.10 bits per heavy atom. The van der Waals surface area contributed by atoms with Gasteiger partial charge in [-0.3, -0.25) is 4.79 Å². The van der Waals surface area contributed by atoms with Crippen LogP contribution in [0.2, 0.25) is 0 Å². The molecule has 2 aromatic carbocycles. The Labute approximate surface area is 137 Å². The highest BCUT2D eigenvalue weighted by molar-refractivity contribution is 9.10. The van der Waals surface area contributed by atoms with Crippen LogP contribution >= 0.6 is 27.7 Å². The number of hydrogen-bond donors (Lipinski definition) is 1. The van der Waals surface area contributed by atoms with E-state index in [1.54, 1.807) is 11.8 Å². The first-order valence-corrected chi connectivity index (χ1v) is 8.67. The normalized spacial score (nSPS) is 15.5. The van der Waals surface area contributed by atoms with Crippen molar-refractivity contribution in [1.82, 2.24) is 5.32 Å². The summed E-state index contributed by atoms with van der Waals surface area (Å²) < 4.78 is 1.05. The Balaban J connectivity index is 1.80. The zero-order valence-corrected chi connectivity index (χ0v) is 13.9. The van der Waals surface area contributed by atoms with Crippen LogP contribution in [0.15, 0.2) is 64.0 Å². The van der Waals surface area contributed by atoms with Gasteiger partial charge < -0.3 is 5.32 Å². The second-order valence-electron chi connectivity index (χ2n) is 5.15. The Bertz CT molecular complexity index is 610. The van der Waals surface area contributed by atoms with Gasteiger partial charge in [0.25, 0.3) is 0 Å². The van der Waals surface area contributed by atoms with Gasteiger partial charge in [0.1, 0.15) is 5.25 Å². The summed E-state index contributed by atoms with van der Waals surface area (Å²) in [6, 6.07) is 18.4. The first kappa shape index (κ1) is 14.7. The lowest BCUT2D eigenvalue weighted by molar-refractivity contribution is -0.120. The second kappa shape index (κ2) is 6.67. The molecule has 1 N–H and O–H groups in total. The van der Waals surface area contributed by atoms with Crippen molar-refractivity contribution in [3.63, 3.8) is 0 Å². The number of hydrogen-bond acceptors (Lipinski definition) is 2. The molecule has 0 heterocycles. The van der Waals surface area contributed by atoms with Crippen LogP contribution in [0.3, 0.4) is 0 Å². The molecule has 4 heteroatoms. The Morgan fingerprint density at radius 2 is 1.76 bits per heavy atom. The summed E-state index contributed by atoms with van der Waals surface area (Å²) in [6.07, 6.45) is 2.21. The molecule has 108 valence electrons. The molecule has 1 atom stereocenters. The largest absolute Gasteiger partial charge is 0.352 e. The van der Waals surface area contributed by atoms with E-state index in [0.29, 0.717) is 6.04 Å². The van der Waals surface area contributed by atoms with Crippen molar-refractivity contribution in [2.24, 2.45) is 0 Å². The summed E-state index contributed by atoms with van der Waals surface area (Å²) in [6.45, 7) is 0. The highest BCUT2D eigenvalue weighted by Gasteiger charge is 2.28. The summed E-state index contributed by atoms with van der Waals surface area (Å²) >= 11 is 5.03. The molecule has 3 rings (SSSR count). The summed E-state index contributed by atoms with van der Waals surface area (Å²) in [5.41, 5.74) is 1.04. The third kappa shape index (κ3) is 4.11. The first-order valence-electron chi connectivity index (χ1n) is 7.00. The van der Waals surface area contributed by atoms with Crippen molar-refractivity contribution >= 4 is 33.6 Å². The summed E-state index contributed by atoms with van der Waals surface area (Å²) in [5, 5.41) is 2.91. The van der Waals surface area contributed by atoms with Crippen LogP contribution in [-0.2, 0) is 4.79 Å². The number of carbonyl (C=O) groups excluding carboxylic acids is 1. The van der Waals surface area contributed by atoms with E-state index in [9.17, 15) is 4.79 Å². The van der Waals surface area contributed by atoms with Crippen LogP contribution in [-0.4, -0.2) is 11.9 Å². The van der Waals surface area contributed by atoms with Crippen molar-refractivity contribution < 1.29 is 4.79 Å². The molecule has 2 aromatic rings. The fraction of sp³-hybridized carbons (Fsp3) is 0.235. The van der Waals surface area contributed by atoms with E-state index in [1.165, 1.54) is 0 Å². The van der Waals surface area contributed by atoms with E-state index in [0.717, 1.165) is 27.8 Å². The molecule has 1 aliphatic carbocycles. The van der Waals surface area contributed by atoms with Gasteiger partial charge in [-0.15, -0.1) is 11.8 Å². The molecule has 0 unspecified atom stereocenters. The average Bonchev–Trinajstić information content (AvgIpc) is 3.31. The van der Waals surface area contributed by atoms with Crippen molar-refractivity contribution in [2.45, 2.75) is 29.0 Å². The van der Waals surface area contributed by atoms with Crippen LogP contribution < -0.4 is 5.32 Å². The van der Waals surface area contributed by atoms with E-state index in [4.69, 9.17) is 0 Å². The third-order valence-corrected chi connectivity index (χ3v) is 5.13. The maximum absolute atomic E-state index is 12.5. The van der Waals surface area contributed by atoms with Gasteiger partial charge in [-0.1, -0.05) is 46.3 Å². The molecule has 1 aliphatic rings. The van der Waals surface area contributed by atoms with Crippen LogP contribution in [0, 0.1) is 0 Å². The number of benzene rings is 2. The molecule has 1 saturated carbocycles. The fourth-order valence-corrected chi connectivity index (χ4v) is 3.35. The van der Waals surface area contributed by atoms with Gasteiger partial charge in [0.15, 0.2) is 0 Å². The standard InChI is InChI=1S/C17H16BrNOS/c18-13-6-10-15(11-7-13)21-16(12-4-2-1-3-5-12)17(20)19-14-8-9-14/h1-7,10-11,14,16H,8-9H2,(H,19,20)/t16-/m0/s1. The third-order valence-electron chi connectivity index (χ3n) is 3.33. The van der Waals surface area contributed by atoms with Gasteiger partial charge in [-0.25, -0.2) is 0 Å². The first-order chi connectivity index (χ1) is 10.2. The lowest BCUT2D eigenvalue weighted by Gasteiger charge is -2.17. The topological polar surface area (TPSA) is 29.1 Å². The summed E-state index contributed by atoms with van der Waals surface area (Å²) in [7, 11) is 0. The minimum absolute atomic E-state index is 0.108. The van der Waals surface area contributed by atoms with Gasteiger partial charge in [0, 0.05) is 15.4 Å². The SMILES string of the molecule is O=C(NC1CC1)[C@@H](Sc1ccc(Br)cc1)c1ccccc1. The number of carbonyl (C=O) groups is 1. The predicted octanol–water partition coefficient (Wildman–Crippen LogP) is 4.56. The molecule has 0 radical (unpaired) electrons. The van der Waals surface area contributed by atoms with Crippen LogP contribution in [0.5, 0.6) is 0 Å². The van der Waals surface area contributed by atoms with Crippen LogP contribution in [0.25, 0.3) is 0 Å².